The van der Waals surface area contributed by atoms with E-state index in [1.165, 1.54) is 0 Å². The number of aromatic nitrogens is 1. The Labute approximate surface area is 147 Å². The van der Waals surface area contributed by atoms with Gasteiger partial charge in [0.2, 0.25) is 0 Å². The van der Waals surface area contributed by atoms with Crippen molar-refractivity contribution in [3.63, 3.8) is 0 Å². The van der Waals surface area contributed by atoms with E-state index in [4.69, 9.17) is 19.2 Å². The summed E-state index contributed by atoms with van der Waals surface area (Å²) in [7, 11) is 0. The highest BCUT2D eigenvalue weighted by atomic mass is 16.6. The van der Waals surface area contributed by atoms with Crippen LogP contribution in [0.3, 0.4) is 0 Å². The first-order valence-electron chi connectivity index (χ1n) is 8.72. The van der Waals surface area contributed by atoms with E-state index >= 15 is 0 Å². The molecule has 0 amide bonds. The van der Waals surface area contributed by atoms with Gasteiger partial charge in [-0.15, -0.1) is 0 Å². The lowest BCUT2D eigenvalue weighted by molar-refractivity contribution is 0.241. The number of benzene rings is 2. The van der Waals surface area contributed by atoms with Crippen LogP contribution in [0.2, 0.25) is 0 Å². The summed E-state index contributed by atoms with van der Waals surface area (Å²) in [6, 6.07) is 20.2. The van der Waals surface area contributed by atoms with Gasteiger partial charge in [0.05, 0.1) is 12.7 Å². The predicted molar refractivity (Wildman–Crippen MR) is 96.1 cm³/mol. The lowest BCUT2D eigenvalue weighted by Gasteiger charge is -2.00. The molecule has 1 aromatic heterocycles. The zero-order valence-corrected chi connectivity index (χ0v) is 14.0. The van der Waals surface area contributed by atoms with E-state index in [1.807, 2.05) is 48.5 Å². The van der Waals surface area contributed by atoms with E-state index in [-0.39, 0.29) is 18.8 Å². The van der Waals surface area contributed by atoms with Gasteiger partial charge in [0.15, 0.2) is 11.7 Å². The van der Waals surface area contributed by atoms with Gasteiger partial charge >= 0.3 is 0 Å². The summed E-state index contributed by atoms with van der Waals surface area (Å²) < 4.78 is 11.5. The van der Waals surface area contributed by atoms with Crippen LogP contribution >= 0.6 is 0 Å². The van der Waals surface area contributed by atoms with Crippen LogP contribution in [-0.4, -0.2) is 28.9 Å². The molecule has 0 aliphatic carbocycles. The van der Waals surface area contributed by atoms with Gasteiger partial charge in [-0.3, -0.25) is 0 Å². The van der Waals surface area contributed by atoms with Crippen LogP contribution in [0.5, 0.6) is 0 Å². The summed E-state index contributed by atoms with van der Waals surface area (Å²) >= 11 is 0. The summed E-state index contributed by atoms with van der Waals surface area (Å²) in [5.41, 5.74) is 2.98. The number of hydrogen-bond acceptors (Lipinski definition) is 4. The SMILES string of the molecule is OC[C@@H]1O[C@H]1CCCc1nc(-c2ccccc2)c(-c2ccccc2)o1. The molecule has 1 N–H and O–H groups in total. The average Bonchev–Trinajstić information content (AvgIpc) is 3.30. The first kappa shape index (κ1) is 16.1. The van der Waals surface area contributed by atoms with Crippen LogP contribution in [0.4, 0.5) is 0 Å². The van der Waals surface area contributed by atoms with Crippen molar-refractivity contribution in [3.05, 3.63) is 66.6 Å². The van der Waals surface area contributed by atoms with Crippen LogP contribution in [0, 0.1) is 0 Å². The standard InChI is InChI=1S/C21H21NO3/c23-14-18-17(24-18)12-7-13-19-22-20(15-8-3-1-4-9-15)21(25-19)16-10-5-2-6-11-16/h1-6,8-11,17-18,23H,7,12-14H2/t17-,18-/m0/s1. The van der Waals surface area contributed by atoms with Gasteiger partial charge in [0, 0.05) is 17.5 Å². The summed E-state index contributed by atoms with van der Waals surface area (Å²) in [4.78, 5) is 4.76. The normalized spacial score (nSPS) is 19.1. The molecule has 2 aromatic carbocycles. The van der Waals surface area contributed by atoms with Gasteiger partial charge in [0.1, 0.15) is 11.8 Å². The van der Waals surface area contributed by atoms with Crippen molar-refractivity contribution in [1.82, 2.24) is 4.98 Å². The molecule has 0 saturated carbocycles. The smallest absolute Gasteiger partial charge is 0.195 e. The maximum Gasteiger partial charge on any atom is 0.195 e. The highest BCUT2D eigenvalue weighted by molar-refractivity contribution is 5.76. The Balaban J connectivity index is 1.55. The molecule has 0 radical (unpaired) electrons. The maximum atomic E-state index is 9.03. The summed E-state index contributed by atoms with van der Waals surface area (Å²) in [5, 5.41) is 9.03. The van der Waals surface area contributed by atoms with Gasteiger partial charge in [-0.1, -0.05) is 60.7 Å². The number of oxazole rings is 1. The van der Waals surface area contributed by atoms with E-state index in [0.717, 1.165) is 47.7 Å². The average molecular weight is 335 g/mol. The van der Waals surface area contributed by atoms with Crippen molar-refractivity contribution in [2.75, 3.05) is 6.61 Å². The van der Waals surface area contributed by atoms with Gasteiger partial charge < -0.3 is 14.3 Å². The molecule has 2 atom stereocenters. The topological polar surface area (TPSA) is 58.8 Å². The van der Waals surface area contributed by atoms with Gasteiger partial charge in [-0.25, -0.2) is 4.98 Å². The van der Waals surface area contributed by atoms with E-state index in [2.05, 4.69) is 12.1 Å². The Kier molecular flexibility index (Phi) is 4.63. The second-order valence-electron chi connectivity index (χ2n) is 6.31. The molecule has 1 aliphatic rings. The predicted octanol–water partition coefficient (Wildman–Crippen LogP) is 4.09. The molecule has 4 rings (SSSR count). The Bertz CT molecular complexity index is 757. The van der Waals surface area contributed by atoms with E-state index in [1.54, 1.807) is 0 Å². The third-order valence-electron chi connectivity index (χ3n) is 4.50. The Morgan fingerprint density at radius 2 is 1.56 bits per heavy atom. The first-order valence-corrected chi connectivity index (χ1v) is 8.72. The third-order valence-corrected chi connectivity index (χ3v) is 4.50. The second kappa shape index (κ2) is 7.21. The van der Waals surface area contributed by atoms with Crippen LogP contribution in [0.1, 0.15) is 18.7 Å². The number of aliphatic hydroxyl groups is 1. The van der Waals surface area contributed by atoms with Crippen molar-refractivity contribution < 1.29 is 14.3 Å². The minimum Gasteiger partial charge on any atom is -0.440 e. The lowest BCUT2D eigenvalue weighted by Crippen LogP contribution is -1.99. The summed E-state index contributed by atoms with van der Waals surface area (Å²) in [5.74, 6) is 1.57. The molecule has 128 valence electrons. The van der Waals surface area contributed by atoms with Crippen LogP contribution in [-0.2, 0) is 11.2 Å². The highest BCUT2D eigenvalue weighted by Crippen LogP contribution is 2.33. The highest BCUT2D eigenvalue weighted by Gasteiger charge is 2.37. The quantitative estimate of drug-likeness (QED) is 0.661. The van der Waals surface area contributed by atoms with Crippen molar-refractivity contribution in [1.29, 1.82) is 0 Å². The summed E-state index contributed by atoms with van der Waals surface area (Å²) in [6.07, 6.45) is 2.86. The van der Waals surface area contributed by atoms with Crippen molar-refractivity contribution >= 4 is 0 Å². The third kappa shape index (κ3) is 3.65. The molecule has 4 nitrogen and oxygen atoms in total. The second-order valence-corrected chi connectivity index (χ2v) is 6.31. The van der Waals surface area contributed by atoms with Gasteiger partial charge in [0.25, 0.3) is 0 Å². The zero-order valence-electron chi connectivity index (χ0n) is 14.0. The Morgan fingerprint density at radius 1 is 0.880 bits per heavy atom. The molecule has 2 heterocycles. The number of rotatable bonds is 7. The van der Waals surface area contributed by atoms with Crippen LogP contribution in [0.15, 0.2) is 65.1 Å². The molecule has 0 spiro atoms. The fourth-order valence-electron chi connectivity index (χ4n) is 3.10. The molecular formula is C21H21NO3. The van der Waals surface area contributed by atoms with E-state index < -0.39 is 0 Å². The largest absolute Gasteiger partial charge is 0.440 e. The fourth-order valence-corrected chi connectivity index (χ4v) is 3.10. The number of aliphatic hydroxyl groups excluding tert-OH is 1. The Hall–Kier alpha value is -2.43. The molecule has 1 fully saturated rings. The molecule has 0 unspecified atom stereocenters. The van der Waals surface area contributed by atoms with Gasteiger partial charge in [-0.05, 0) is 12.8 Å². The molecule has 0 bridgehead atoms. The minimum absolute atomic E-state index is 0.0318. The molecule has 1 aliphatic heterocycles. The van der Waals surface area contributed by atoms with Crippen molar-refractivity contribution in [2.24, 2.45) is 0 Å². The molecule has 25 heavy (non-hydrogen) atoms. The Morgan fingerprint density at radius 3 is 2.20 bits per heavy atom. The molecule has 4 heteroatoms. The number of ether oxygens (including phenoxy) is 1. The fraction of sp³-hybridized carbons (Fsp3) is 0.286. The molecular weight excluding hydrogens is 314 g/mol. The number of aryl methyl sites for hydroxylation is 1. The van der Waals surface area contributed by atoms with Crippen LogP contribution < -0.4 is 0 Å². The van der Waals surface area contributed by atoms with Crippen molar-refractivity contribution in [2.45, 2.75) is 31.5 Å². The van der Waals surface area contributed by atoms with Crippen molar-refractivity contribution in [3.8, 4) is 22.6 Å². The van der Waals surface area contributed by atoms with Crippen LogP contribution in [0.25, 0.3) is 22.6 Å². The number of epoxide rings is 1. The maximum absolute atomic E-state index is 9.03. The number of nitrogens with zero attached hydrogens (tertiary/aromatic N) is 1. The summed E-state index contributed by atoms with van der Waals surface area (Å²) in [6.45, 7) is 0.111. The first-order chi connectivity index (χ1) is 12.3. The zero-order chi connectivity index (χ0) is 17.1. The molecule has 3 aromatic rings. The van der Waals surface area contributed by atoms with Gasteiger partial charge in [-0.2, -0.15) is 0 Å². The van der Waals surface area contributed by atoms with E-state index in [0.29, 0.717) is 0 Å². The monoisotopic (exact) mass is 335 g/mol. The molecule has 1 saturated heterocycles. The minimum atomic E-state index is 0.0318. The van der Waals surface area contributed by atoms with E-state index in [9.17, 15) is 0 Å². The lowest BCUT2D eigenvalue weighted by atomic mass is 10.1. The number of hydrogen-bond donors (Lipinski definition) is 1.